The van der Waals surface area contributed by atoms with Crippen LogP contribution in [-0.2, 0) is 19.3 Å². The van der Waals surface area contributed by atoms with Gasteiger partial charge in [-0.25, -0.2) is 4.79 Å². The molecular weight excluding hydrogens is 463 g/mol. The summed E-state index contributed by atoms with van der Waals surface area (Å²) in [6.45, 7) is 1.31. The summed E-state index contributed by atoms with van der Waals surface area (Å²) in [4.78, 5) is 17.9. The van der Waals surface area contributed by atoms with Crippen LogP contribution < -0.4 is 5.32 Å². The van der Waals surface area contributed by atoms with E-state index in [-0.39, 0.29) is 17.8 Å². The lowest BCUT2D eigenvalue weighted by molar-refractivity contribution is -0.137. The molecule has 2 aliphatic heterocycles. The molecule has 2 fully saturated rings. The number of benzene rings is 3. The van der Waals surface area contributed by atoms with Gasteiger partial charge in [-0.05, 0) is 55.0 Å². The summed E-state index contributed by atoms with van der Waals surface area (Å²) in [6, 6.07) is 25.4. The Balaban J connectivity index is 1.34. The number of nitrogens with zero attached hydrogens (tertiary/aromatic N) is 2. The van der Waals surface area contributed by atoms with Crippen molar-refractivity contribution in [3.63, 3.8) is 0 Å². The fraction of sp³-hybridized carbons (Fsp3) is 0.345. The van der Waals surface area contributed by atoms with E-state index in [1.54, 1.807) is 0 Å². The van der Waals surface area contributed by atoms with E-state index in [2.05, 4.69) is 34.5 Å². The number of carbonyl (C=O) groups excluding carboxylic acids is 1. The van der Waals surface area contributed by atoms with Crippen LogP contribution in [0.15, 0.2) is 84.9 Å². The molecule has 0 aliphatic carbocycles. The van der Waals surface area contributed by atoms with E-state index in [9.17, 15) is 18.0 Å². The zero-order valence-corrected chi connectivity index (χ0v) is 20.0. The number of carbonyl (C=O) groups is 1. The molecule has 2 heterocycles. The van der Waals surface area contributed by atoms with Gasteiger partial charge in [0.2, 0.25) is 0 Å². The molecule has 0 saturated carbocycles. The van der Waals surface area contributed by atoms with Crippen molar-refractivity contribution in [1.29, 1.82) is 0 Å². The van der Waals surface area contributed by atoms with Crippen molar-refractivity contribution in [2.45, 2.75) is 63.1 Å². The van der Waals surface area contributed by atoms with Crippen molar-refractivity contribution in [3.8, 4) is 0 Å². The smallest absolute Gasteiger partial charge is 0.317 e. The average molecular weight is 494 g/mol. The lowest BCUT2D eigenvalue weighted by Gasteiger charge is -2.43. The number of fused-ring (bicyclic) bond motifs is 2. The highest BCUT2D eigenvalue weighted by Crippen LogP contribution is 2.39. The Morgan fingerprint density at radius 2 is 1.47 bits per heavy atom. The maximum atomic E-state index is 13.5. The maximum Gasteiger partial charge on any atom is 0.416 e. The van der Waals surface area contributed by atoms with Gasteiger partial charge in [0.25, 0.3) is 0 Å². The summed E-state index contributed by atoms with van der Waals surface area (Å²) < 4.78 is 39.6. The SMILES string of the molecule is O=C(Nc1cccc(C(F)(F)F)c1)N(Cc1ccccc1)C1CC2CCC(C1)N2Cc1ccccc1. The largest absolute Gasteiger partial charge is 0.416 e. The third-order valence-electron chi connectivity index (χ3n) is 7.41. The second-order valence-corrected chi connectivity index (χ2v) is 9.79. The van der Waals surface area contributed by atoms with Crippen molar-refractivity contribution in [3.05, 3.63) is 102 Å². The highest BCUT2D eigenvalue weighted by Gasteiger charge is 2.43. The number of amides is 2. The van der Waals surface area contributed by atoms with E-state index in [1.165, 1.54) is 17.7 Å². The first-order valence-electron chi connectivity index (χ1n) is 12.5. The molecule has 3 aromatic rings. The Labute approximate surface area is 209 Å². The van der Waals surface area contributed by atoms with Crippen LogP contribution in [0.1, 0.15) is 42.4 Å². The standard InChI is InChI=1S/C29H30F3N3O/c30-29(31,32)23-12-7-13-24(16-23)33-28(36)35(20-22-10-5-2-6-11-22)27-17-25-14-15-26(18-27)34(25)19-21-8-3-1-4-9-21/h1-13,16,25-27H,14-15,17-20H2,(H,33,36). The summed E-state index contributed by atoms with van der Waals surface area (Å²) in [6.07, 6.45) is -0.557. The molecule has 4 nitrogen and oxygen atoms in total. The number of nitrogens with one attached hydrogen (secondary N) is 1. The van der Waals surface area contributed by atoms with Crippen LogP contribution in [0.2, 0.25) is 0 Å². The van der Waals surface area contributed by atoms with Crippen LogP contribution in [0, 0.1) is 0 Å². The van der Waals surface area contributed by atoms with Gasteiger partial charge in [-0.2, -0.15) is 13.2 Å². The first-order valence-corrected chi connectivity index (χ1v) is 12.5. The molecule has 2 amide bonds. The Morgan fingerprint density at radius 1 is 0.861 bits per heavy atom. The van der Waals surface area contributed by atoms with E-state index in [0.717, 1.165) is 49.9 Å². The topological polar surface area (TPSA) is 35.6 Å². The molecular formula is C29H30F3N3O. The lowest BCUT2D eigenvalue weighted by Crippen LogP contribution is -2.52. The van der Waals surface area contributed by atoms with Crippen LogP contribution >= 0.6 is 0 Å². The highest BCUT2D eigenvalue weighted by molar-refractivity contribution is 5.89. The van der Waals surface area contributed by atoms with Crippen LogP contribution in [0.3, 0.4) is 0 Å². The molecule has 3 aromatic carbocycles. The van der Waals surface area contributed by atoms with Crippen LogP contribution in [0.25, 0.3) is 0 Å². The normalized spacial score (nSPS) is 21.8. The van der Waals surface area contributed by atoms with Crippen molar-refractivity contribution in [2.75, 3.05) is 5.32 Å². The summed E-state index contributed by atoms with van der Waals surface area (Å²) in [5, 5.41) is 2.75. The van der Waals surface area contributed by atoms with Gasteiger partial charge in [-0.3, -0.25) is 4.90 Å². The zero-order chi connectivity index (χ0) is 25.1. The van der Waals surface area contributed by atoms with Crippen molar-refractivity contribution in [1.82, 2.24) is 9.80 Å². The summed E-state index contributed by atoms with van der Waals surface area (Å²) in [5.41, 5.74) is 1.66. The number of anilines is 1. The minimum absolute atomic E-state index is 0.0144. The Morgan fingerprint density at radius 3 is 2.08 bits per heavy atom. The summed E-state index contributed by atoms with van der Waals surface area (Å²) >= 11 is 0. The Bertz CT molecular complexity index is 1160. The fourth-order valence-electron chi connectivity index (χ4n) is 5.67. The van der Waals surface area contributed by atoms with Gasteiger partial charge < -0.3 is 10.2 Å². The minimum atomic E-state index is -4.46. The monoisotopic (exact) mass is 493 g/mol. The van der Waals surface area contributed by atoms with Crippen LogP contribution in [-0.4, -0.2) is 34.0 Å². The number of alkyl halides is 3. The molecule has 1 N–H and O–H groups in total. The Kier molecular flexibility index (Phi) is 7.01. The van der Waals surface area contributed by atoms with E-state index in [0.29, 0.717) is 18.6 Å². The molecule has 2 unspecified atom stereocenters. The van der Waals surface area contributed by atoms with Gasteiger partial charge >= 0.3 is 12.2 Å². The van der Waals surface area contributed by atoms with E-state index in [1.807, 2.05) is 41.3 Å². The van der Waals surface area contributed by atoms with Crippen molar-refractivity contribution in [2.24, 2.45) is 0 Å². The minimum Gasteiger partial charge on any atom is -0.317 e. The first-order chi connectivity index (χ1) is 17.4. The van der Waals surface area contributed by atoms with Gasteiger partial charge in [0.1, 0.15) is 0 Å². The van der Waals surface area contributed by atoms with Gasteiger partial charge in [0.05, 0.1) is 5.56 Å². The number of piperidine rings is 1. The number of urea groups is 1. The van der Waals surface area contributed by atoms with E-state index >= 15 is 0 Å². The molecule has 5 rings (SSSR count). The number of hydrogen-bond acceptors (Lipinski definition) is 2. The molecule has 2 aliphatic rings. The van der Waals surface area contributed by atoms with E-state index in [4.69, 9.17) is 0 Å². The predicted molar refractivity (Wildman–Crippen MR) is 134 cm³/mol. The highest BCUT2D eigenvalue weighted by atomic mass is 19.4. The molecule has 2 bridgehead atoms. The summed E-state index contributed by atoms with van der Waals surface area (Å²) in [5.74, 6) is 0. The first kappa shape index (κ1) is 24.4. The third kappa shape index (κ3) is 5.57. The van der Waals surface area contributed by atoms with Crippen LogP contribution in [0.5, 0.6) is 0 Å². The average Bonchev–Trinajstić information content (AvgIpc) is 3.09. The quantitative estimate of drug-likeness (QED) is 0.404. The van der Waals surface area contributed by atoms with Gasteiger partial charge in [0.15, 0.2) is 0 Å². The predicted octanol–water partition coefficient (Wildman–Crippen LogP) is 6.94. The second kappa shape index (κ2) is 10.3. The van der Waals surface area contributed by atoms with Crippen molar-refractivity contribution >= 4 is 11.7 Å². The maximum absolute atomic E-state index is 13.5. The second-order valence-electron chi connectivity index (χ2n) is 9.79. The Hall–Kier alpha value is -3.32. The van der Waals surface area contributed by atoms with Crippen LogP contribution in [0.4, 0.5) is 23.7 Å². The molecule has 7 heteroatoms. The fourth-order valence-corrected chi connectivity index (χ4v) is 5.67. The van der Waals surface area contributed by atoms with Gasteiger partial charge in [-0.15, -0.1) is 0 Å². The molecule has 2 saturated heterocycles. The molecule has 0 radical (unpaired) electrons. The number of hydrogen-bond donors (Lipinski definition) is 1. The lowest BCUT2D eigenvalue weighted by atomic mass is 9.94. The zero-order valence-electron chi connectivity index (χ0n) is 20.0. The van der Waals surface area contributed by atoms with Gasteiger partial charge in [0, 0.05) is 36.9 Å². The molecule has 188 valence electrons. The molecule has 2 atom stereocenters. The van der Waals surface area contributed by atoms with Gasteiger partial charge in [-0.1, -0.05) is 66.7 Å². The molecule has 0 aromatic heterocycles. The number of halogens is 3. The van der Waals surface area contributed by atoms with E-state index < -0.39 is 11.7 Å². The van der Waals surface area contributed by atoms with Crippen molar-refractivity contribution < 1.29 is 18.0 Å². The number of rotatable bonds is 6. The molecule has 36 heavy (non-hydrogen) atoms. The molecule has 0 spiro atoms. The summed E-state index contributed by atoms with van der Waals surface area (Å²) in [7, 11) is 0. The third-order valence-corrected chi connectivity index (χ3v) is 7.41.